The minimum absolute atomic E-state index is 0.0135. The minimum atomic E-state index is -0.436. The van der Waals surface area contributed by atoms with Gasteiger partial charge in [-0.25, -0.2) is 0 Å². The van der Waals surface area contributed by atoms with Crippen LogP contribution in [0.1, 0.15) is 38.7 Å². The first-order valence-corrected chi connectivity index (χ1v) is 8.69. The van der Waals surface area contributed by atoms with Crippen molar-refractivity contribution in [3.05, 3.63) is 29.8 Å². The molecule has 0 aromatic heterocycles. The molecule has 2 N–H and O–H groups in total. The number of benzene rings is 1. The summed E-state index contributed by atoms with van der Waals surface area (Å²) in [5, 5.41) is 12.8. The Hall–Kier alpha value is -1.00. The van der Waals surface area contributed by atoms with E-state index >= 15 is 0 Å². The van der Waals surface area contributed by atoms with E-state index in [-0.39, 0.29) is 11.8 Å². The molecule has 1 rings (SSSR count). The van der Waals surface area contributed by atoms with Crippen molar-refractivity contribution in [1.82, 2.24) is 5.32 Å². The van der Waals surface area contributed by atoms with E-state index in [1.165, 1.54) is 10.5 Å². The monoisotopic (exact) mass is 309 g/mol. The Bertz CT molecular complexity index is 415. The van der Waals surface area contributed by atoms with Crippen molar-refractivity contribution in [2.75, 3.05) is 12.3 Å². The summed E-state index contributed by atoms with van der Waals surface area (Å²) in [5.74, 6) is 1.04. The number of hydrogen-bond donors (Lipinski definition) is 2. The molecule has 0 saturated carbocycles. The van der Waals surface area contributed by atoms with E-state index in [2.05, 4.69) is 50.4 Å². The van der Waals surface area contributed by atoms with Crippen molar-refractivity contribution in [3.8, 4) is 0 Å². The van der Waals surface area contributed by atoms with Crippen LogP contribution in [0.2, 0.25) is 0 Å². The summed E-state index contributed by atoms with van der Waals surface area (Å²) in [4.78, 5) is 12.9. The molecule has 0 aliphatic rings. The van der Waals surface area contributed by atoms with Crippen LogP contribution in [0.15, 0.2) is 29.2 Å². The maximum atomic E-state index is 11.8. The zero-order valence-corrected chi connectivity index (χ0v) is 14.1. The van der Waals surface area contributed by atoms with Crippen LogP contribution in [-0.2, 0) is 4.79 Å². The van der Waals surface area contributed by atoms with Gasteiger partial charge in [0.1, 0.15) is 0 Å². The highest BCUT2D eigenvalue weighted by Gasteiger charge is 2.15. The largest absolute Gasteiger partial charge is 0.391 e. The third-order valence-electron chi connectivity index (χ3n) is 3.72. The topological polar surface area (TPSA) is 49.3 Å². The van der Waals surface area contributed by atoms with Crippen molar-refractivity contribution in [2.45, 2.75) is 51.0 Å². The van der Waals surface area contributed by atoms with E-state index in [1.54, 1.807) is 11.8 Å². The zero-order chi connectivity index (χ0) is 15.7. The Kier molecular flexibility index (Phi) is 8.47. The lowest BCUT2D eigenvalue weighted by atomic mass is 9.96. The summed E-state index contributed by atoms with van der Waals surface area (Å²) in [7, 11) is 0. The smallest absolute Gasteiger partial charge is 0.220 e. The number of thioether (sulfide) groups is 1. The number of carbonyl (C=O) groups excluding carboxylic acids is 1. The maximum absolute atomic E-state index is 11.8. The van der Waals surface area contributed by atoms with Crippen molar-refractivity contribution in [1.29, 1.82) is 0 Å². The van der Waals surface area contributed by atoms with Crippen LogP contribution < -0.4 is 5.32 Å². The highest BCUT2D eigenvalue weighted by Crippen LogP contribution is 2.19. The van der Waals surface area contributed by atoms with Gasteiger partial charge in [-0.2, -0.15) is 0 Å². The van der Waals surface area contributed by atoms with Gasteiger partial charge in [0.25, 0.3) is 0 Å². The molecule has 1 atom stereocenters. The van der Waals surface area contributed by atoms with E-state index in [9.17, 15) is 9.90 Å². The minimum Gasteiger partial charge on any atom is -0.391 e. The van der Waals surface area contributed by atoms with Crippen LogP contribution in [-0.4, -0.2) is 29.4 Å². The first-order valence-electron chi connectivity index (χ1n) is 7.71. The van der Waals surface area contributed by atoms with Crippen molar-refractivity contribution in [2.24, 2.45) is 5.92 Å². The van der Waals surface area contributed by atoms with Gasteiger partial charge in [-0.1, -0.05) is 44.4 Å². The number of amides is 1. The number of carbonyl (C=O) groups is 1. The number of rotatable bonds is 9. The second kappa shape index (κ2) is 9.85. The number of aryl methyl sites for hydroxylation is 1. The highest BCUT2D eigenvalue weighted by atomic mass is 32.2. The van der Waals surface area contributed by atoms with Gasteiger partial charge >= 0.3 is 0 Å². The number of hydrogen-bond acceptors (Lipinski definition) is 3. The molecule has 0 saturated heterocycles. The van der Waals surface area contributed by atoms with Gasteiger partial charge in [0, 0.05) is 23.6 Å². The first kappa shape index (κ1) is 18.1. The van der Waals surface area contributed by atoms with Crippen molar-refractivity contribution >= 4 is 17.7 Å². The Labute approximate surface area is 132 Å². The predicted molar refractivity (Wildman–Crippen MR) is 89.6 cm³/mol. The lowest BCUT2D eigenvalue weighted by Gasteiger charge is -2.20. The zero-order valence-electron chi connectivity index (χ0n) is 13.3. The average molecular weight is 309 g/mol. The number of aliphatic hydroxyl groups is 1. The molecule has 0 aliphatic heterocycles. The second-order valence-electron chi connectivity index (χ2n) is 5.36. The summed E-state index contributed by atoms with van der Waals surface area (Å²) in [6.45, 7) is 6.56. The molecule has 1 unspecified atom stereocenters. The van der Waals surface area contributed by atoms with Crippen LogP contribution in [0.5, 0.6) is 0 Å². The number of nitrogens with one attached hydrogen (secondary N) is 1. The Morgan fingerprint density at radius 3 is 2.43 bits per heavy atom. The Morgan fingerprint density at radius 1 is 1.24 bits per heavy atom. The third-order valence-corrected chi connectivity index (χ3v) is 4.73. The summed E-state index contributed by atoms with van der Waals surface area (Å²) in [5.41, 5.74) is 1.24. The van der Waals surface area contributed by atoms with Gasteiger partial charge in [-0.05, 0) is 25.0 Å². The fourth-order valence-electron chi connectivity index (χ4n) is 2.20. The van der Waals surface area contributed by atoms with Crippen LogP contribution in [0.25, 0.3) is 0 Å². The molecule has 0 bridgehead atoms. The molecule has 0 radical (unpaired) electrons. The molecule has 0 spiro atoms. The van der Waals surface area contributed by atoms with Gasteiger partial charge in [-0.15, -0.1) is 11.8 Å². The molecule has 1 aromatic carbocycles. The van der Waals surface area contributed by atoms with Crippen LogP contribution in [0.4, 0.5) is 0 Å². The van der Waals surface area contributed by atoms with Gasteiger partial charge in [-0.3, -0.25) is 4.79 Å². The molecule has 3 nitrogen and oxygen atoms in total. The molecular formula is C17H27NO2S. The molecule has 1 amide bonds. The third kappa shape index (κ3) is 7.00. The quantitative estimate of drug-likeness (QED) is 0.687. The molecule has 0 fully saturated rings. The number of aliphatic hydroxyl groups excluding tert-OH is 1. The molecule has 0 heterocycles. The molecule has 1 aromatic rings. The van der Waals surface area contributed by atoms with Gasteiger partial charge in [0.15, 0.2) is 0 Å². The average Bonchev–Trinajstić information content (AvgIpc) is 2.48. The molecule has 4 heteroatoms. The van der Waals surface area contributed by atoms with Crippen LogP contribution >= 0.6 is 11.8 Å². The van der Waals surface area contributed by atoms with Gasteiger partial charge in [0.05, 0.1) is 6.10 Å². The van der Waals surface area contributed by atoms with E-state index in [0.717, 1.165) is 18.6 Å². The van der Waals surface area contributed by atoms with Crippen molar-refractivity contribution < 1.29 is 9.90 Å². The van der Waals surface area contributed by atoms with Crippen LogP contribution in [0.3, 0.4) is 0 Å². The summed E-state index contributed by atoms with van der Waals surface area (Å²) >= 11 is 1.68. The van der Waals surface area contributed by atoms with E-state index < -0.39 is 6.10 Å². The molecular weight excluding hydrogens is 282 g/mol. The SMILES string of the molecule is CCC(CC)C(O)CNC(=O)CCSc1ccc(C)cc1. The lowest BCUT2D eigenvalue weighted by Crippen LogP contribution is -2.36. The maximum Gasteiger partial charge on any atom is 0.220 e. The standard InChI is InChI=1S/C17H27NO2S/c1-4-14(5-2)16(19)12-18-17(20)10-11-21-15-8-6-13(3)7-9-15/h6-9,14,16,19H,4-5,10-12H2,1-3H3,(H,18,20). The normalized spacial score (nSPS) is 12.4. The highest BCUT2D eigenvalue weighted by molar-refractivity contribution is 7.99. The molecule has 21 heavy (non-hydrogen) atoms. The first-order chi connectivity index (χ1) is 10.1. The summed E-state index contributed by atoms with van der Waals surface area (Å²) < 4.78 is 0. The molecule has 118 valence electrons. The Morgan fingerprint density at radius 2 is 1.86 bits per heavy atom. The fourth-order valence-corrected chi connectivity index (χ4v) is 3.05. The van der Waals surface area contributed by atoms with Crippen LogP contribution in [0, 0.1) is 12.8 Å². The van der Waals surface area contributed by atoms with Gasteiger partial charge in [0.2, 0.25) is 5.91 Å². The second-order valence-corrected chi connectivity index (χ2v) is 6.53. The van der Waals surface area contributed by atoms with E-state index in [4.69, 9.17) is 0 Å². The van der Waals surface area contributed by atoms with E-state index in [0.29, 0.717) is 13.0 Å². The summed E-state index contributed by atoms with van der Waals surface area (Å²) in [6.07, 6.45) is 1.93. The fraction of sp³-hybridized carbons (Fsp3) is 0.588. The predicted octanol–water partition coefficient (Wildman–Crippen LogP) is 3.39. The van der Waals surface area contributed by atoms with Crippen molar-refractivity contribution in [3.63, 3.8) is 0 Å². The lowest BCUT2D eigenvalue weighted by molar-refractivity contribution is -0.121. The van der Waals surface area contributed by atoms with E-state index in [1.807, 2.05) is 0 Å². The summed E-state index contributed by atoms with van der Waals surface area (Å²) in [6, 6.07) is 8.31. The Balaban J connectivity index is 2.20. The van der Waals surface area contributed by atoms with Gasteiger partial charge < -0.3 is 10.4 Å². The molecule has 0 aliphatic carbocycles.